The third-order valence-electron chi connectivity index (χ3n) is 1.25. The van der Waals surface area contributed by atoms with E-state index in [1.807, 2.05) is 19.9 Å². The van der Waals surface area contributed by atoms with Gasteiger partial charge in [-0.2, -0.15) is 0 Å². The Morgan fingerprint density at radius 2 is 1.58 bits per heavy atom. The fraction of sp³-hybridized carbons (Fsp3) is 0.455. The maximum atomic E-state index is 5.32. The Labute approximate surface area is 78.5 Å². The van der Waals surface area contributed by atoms with Gasteiger partial charge >= 0.3 is 0 Å². The molecule has 0 aliphatic carbocycles. The minimum atomic E-state index is 0.482. The summed E-state index contributed by atoms with van der Waals surface area (Å²) in [6, 6.07) is 0. The van der Waals surface area contributed by atoms with Gasteiger partial charge in [0.25, 0.3) is 0 Å². The molecule has 66 valence electrons. The van der Waals surface area contributed by atoms with Crippen LogP contribution in [0, 0.1) is 5.92 Å². The second-order valence-electron chi connectivity index (χ2n) is 2.64. The number of hydrogen-bond donors (Lipinski definition) is 0. The van der Waals surface area contributed by atoms with Gasteiger partial charge in [0.2, 0.25) is 0 Å². The second-order valence-corrected chi connectivity index (χ2v) is 2.64. The minimum Gasteiger partial charge on any atom is -0.106 e. The van der Waals surface area contributed by atoms with Gasteiger partial charge in [0, 0.05) is 0 Å². The smallest absolute Gasteiger partial charge is 0.106 e. The van der Waals surface area contributed by atoms with Crippen molar-refractivity contribution in [3.63, 3.8) is 0 Å². The molecule has 0 fully saturated rings. The van der Waals surface area contributed by atoms with Gasteiger partial charge in [0.1, 0.15) is 7.85 Å². The summed E-state index contributed by atoms with van der Waals surface area (Å²) in [7, 11) is 5.32. The Bertz CT molecular complexity index is 164. The van der Waals surface area contributed by atoms with E-state index in [-0.39, 0.29) is 0 Å². The van der Waals surface area contributed by atoms with Crippen molar-refractivity contribution >= 4 is 7.85 Å². The molecule has 0 nitrogen and oxygen atoms in total. The quantitative estimate of drug-likeness (QED) is 0.440. The number of rotatable bonds is 3. The molecule has 0 unspecified atom stereocenters. The lowest BCUT2D eigenvalue weighted by atomic mass is 9.95. The van der Waals surface area contributed by atoms with Crippen molar-refractivity contribution in [2.24, 2.45) is 5.92 Å². The molecule has 0 saturated heterocycles. The van der Waals surface area contributed by atoms with E-state index < -0.39 is 0 Å². The maximum absolute atomic E-state index is 5.32. The third kappa shape index (κ3) is 9.28. The molecule has 0 N–H and O–H groups in total. The fourth-order valence-corrected chi connectivity index (χ4v) is 0.407. The molecule has 2 radical (unpaired) electrons. The molecule has 0 aliphatic rings. The van der Waals surface area contributed by atoms with Crippen LogP contribution in [0.5, 0.6) is 0 Å². The molecule has 0 saturated carbocycles. The zero-order valence-electron chi connectivity index (χ0n) is 8.72. The van der Waals surface area contributed by atoms with Crippen LogP contribution in [0.2, 0.25) is 0 Å². The van der Waals surface area contributed by atoms with Gasteiger partial charge in [0.15, 0.2) is 0 Å². The summed E-state index contributed by atoms with van der Waals surface area (Å²) in [6.07, 6.45) is 3.66. The maximum Gasteiger partial charge on any atom is 0.112 e. The molecule has 0 amide bonds. The van der Waals surface area contributed by atoms with E-state index in [0.29, 0.717) is 11.4 Å². The molecule has 0 spiro atoms. The Balaban J connectivity index is 0. The molecule has 0 aliphatic heterocycles. The highest BCUT2D eigenvalue weighted by Gasteiger charge is 1.92. The van der Waals surface area contributed by atoms with Crippen LogP contribution in [0.4, 0.5) is 0 Å². The fourth-order valence-electron chi connectivity index (χ4n) is 0.407. The standard InChI is InChI=1S/C9H13B.C2H6/c1-7(2)8(3)5-6-9(4)10;1-2/h5-7H,3-4H2,1-2H3;1-2H3/b6-5-;. The summed E-state index contributed by atoms with van der Waals surface area (Å²) < 4.78 is 0. The normalized spacial score (nSPS) is 9.42. The SMILES string of the molecule is CC.[B]C(=C)/C=C\C(=C)C(C)C. The first-order valence-corrected chi connectivity index (χ1v) is 4.35. The van der Waals surface area contributed by atoms with Crippen molar-refractivity contribution in [2.45, 2.75) is 27.7 Å². The van der Waals surface area contributed by atoms with Gasteiger partial charge in [-0.15, -0.1) is 12.1 Å². The van der Waals surface area contributed by atoms with Crippen LogP contribution in [0.3, 0.4) is 0 Å². The van der Waals surface area contributed by atoms with Gasteiger partial charge in [-0.1, -0.05) is 52.0 Å². The van der Waals surface area contributed by atoms with Crippen LogP contribution in [0.25, 0.3) is 0 Å². The van der Waals surface area contributed by atoms with Gasteiger partial charge in [-0.3, -0.25) is 0 Å². The highest BCUT2D eigenvalue weighted by Crippen LogP contribution is 2.07. The van der Waals surface area contributed by atoms with Crippen LogP contribution in [0.1, 0.15) is 27.7 Å². The van der Waals surface area contributed by atoms with E-state index >= 15 is 0 Å². The average Bonchev–Trinajstić information content (AvgIpc) is 2.03. The minimum absolute atomic E-state index is 0.482. The molecular weight excluding hydrogens is 143 g/mol. The first kappa shape index (κ1) is 13.8. The Kier molecular flexibility index (Phi) is 9.67. The summed E-state index contributed by atoms with van der Waals surface area (Å²) in [5.41, 5.74) is 1.65. The molecule has 0 bridgehead atoms. The lowest BCUT2D eigenvalue weighted by Crippen LogP contribution is -1.87. The zero-order valence-corrected chi connectivity index (χ0v) is 8.72. The van der Waals surface area contributed by atoms with Crippen molar-refractivity contribution < 1.29 is 0 Å². The summed E-state index contributed by atoms with van der Waals surface area (Å²) >= 11 is 0. The first-order valence-electron chi connectivity index (χ1n) is 4.35. The van der Waals surface area contributed by atoms with Crippen LogP contribution >= 0.6 is 0 Å². The average molecular weight is 162 g/mol. The Hall–Kier alpha value is -0.715. The summed E-state index contributed by atoms with van der Waals surface area (Å²) in [5, 5.41) is 0. The molecule has 0 atom stereocenters. The monoisotopic (exact) mass is 162 g/mol. The van der Waals surface area contributed by atoms with Gasteiger partial charge in [-0.25, -0.2) is 0 Å². The van der Waals surface area contributed by atoms with Crippen LogP contribution in [-0.2, 0) is 0 Å². The highest BCUT2D eigenvalue weighted by atomic mass is 14.0. The van der Waals surface area contributed by atoms with Crippen LogP contribution in [0.15, 0.2) is 36.4 Å². The summed E-state index contributed by atoms with van der Waals surface area (Å²) in [6.45, 7) is 15.6. The highest BCUT2D eigenvalue weighted by molar-refractivity contribution is 6.23. The van der Waals surface area contributed by atoms with Crippen molar-refractivity contribution in [1.82, 2.24) is 0 Å². The van der Waals surface area contributed by atoms with Crippen LogP contribution < -0.4 is 0 Å². The largest absolute Gasteiger partial charge is 0.112 e. The zero-order chi connectivity index (χ0) is 10.1. The van der Waals surface area contributed by atoms with E-state index in [2.05, 4.69) is 27.0 Å². The summed E-state index contributed by atoms with van der Waals surface area (Å²) in [4.78, 5) is 0. The molecular formula is C11H19B. The molecule has 1 heteroatoms. The van der Waals surface area contributed by atoms with E-state index in [9.17, 15) is 0 Å². The predicted octanol–water partition coefficient (Wildman–Crippen LogP) is 3.46. The van der Waals surface area contributed by atoms with E-state index in [1.165, 1.54) is 0 Å². The van der Waals surface area contributed by atoms with E-state index in [0.717, 1.165) is 5.57 Å². The molecule has 0 rings (SSSR count). The van der Waals surface area contributed by atoms with Crippen molar-refractivity contribution in [3.8, 4) is 0 Å². The molecule has 12 heavy (non-hydrogen) atoms. The topological polar surface area (TPSA) is 0 Å². The predicted molar refractivity (Wildman–Crippen MR) is 59.4 cm³/mol. The van der Waals surface area contributed by atoms with E-state index in [4.69, 9.17) is 7.85 Å². The van der Waals surface area contributed by atoms with Gasteiger partial charge in [0.05, 0.1) is 0 Å². The molecule has 0 heterocycles. The lowest BCUT2D eigenvalue weighted by Gasteiger charge is -2.01. The second kappa shape index (κ2) is 8.38. The summed E-state index contributed by atoms with van der Waals surface area (Å²) in [5.74, 6) is 0.482. The van der Waals surface area contributed by atoms with Crippen molar-refractivity contribution in [1.29, 1.82) is 0 Å². The molecule has 0 aromatic carbocycles. The van der Waals surface area contributed by atoms with Gasteiger partial charge in [-0.05, 0) is 5.92 Å². The number of hydrogen-bond acceptors (Lipinski definition) is 0. The van der Waals surface area contributed by atoms with E-state index in [1.54, 1.807) is 6.08 Å². The Morgan fingerprint density at radius 3 is 1.83 bits per heavy atom. The van der Waals surface area contributed by atoms with Crippen LogP contribution in [-0.4, -0.2) is 7.85 Å². The Morgan fingerprint density at radius 1 is 1.17 bits per heavy atom. The third-order valence-corrected chi connectivity index (χ3v) is 1.25. The van der Waals surface area contributed by atoms with Crippen molar-refractivity contribution in [3.05, 3.63) is 36.4 Å². The lowest BCUT2D eigenvalue weighted by molar-refractivity contribution is 0.795. The molecule has 0 aromatic heterocycles. The van der Waals surface area contributed by atoms with Crippen molar-refractivity contribution in [2.75, 3.05) is 0 Å². The number of allylic oxidation sites excluding steroid dienone is 4. The first-order chi connectivity index (χ1) is 5.54. The van der Waals surface area contributed by atoms with Gasteiger partial charge < -0.3 is 0 Å². The molecule has 0 aromatic rings.